The van der Waals surface area contributed by atoms with E-state index >= 15 is 0 Å². The Morgan fingerprint density at radius 2 is 2.20 bits per heavy atom. The van der Waals surface area contributed by atoms with Gasteiger partial charge in [0.25, 0.3) is 0 Å². The van der Waals surface area contributed by atoms with Crippen molar-refractivity contribution in [1.82, 2.24) is 20.2 Å². The van der Waals surface area contributed by atoms with E-state index in [1.165, 1.54) is 13.3 Å². The number of methoxy groups -OCH3 is 1. The quantitative estimate of drug-likeness (QED) is 0.714. The van der Waals surface area contributed by atoms with Gasteiger partial charge in [0.2, 0.25) is 5.88 Å². The smallest absolute Gasteiger partial charge is 0.471 e. The lowest BCUT2D eigenvalue weighted by molar-refractivity contribution is -0.173. The molecular weight excluding hydrogens is 403 g/mol. The minimum absolute atomic E-state index is 0.258. The molecule has 2 aromatic rings. The predicted molar refractivity (Wildman–Crippen MR) is 99.5 cm³/mol. The van der Waals surface area contributed by atoms with Crippen molar-refractivity contribution in [2.75, 3.05) is 33.3 Å². The van der Waals surface area contributed by atoms with E-state index in [0.29, 0.717) is 47.6 Å². The second-order valence-electron chi connectivity index (χ2n) is 7.03. The molecule has 11 heteroatoms. The summed E-state index contributed by atoms with van der Waals surface area (Å²) in [4.78, 5) is 21.5. The summed E-state index contributed by atoms with van der Waals surface area (Å²) in [7, 11) is 1.48. The summed E-state index contributed by atoms with van der Waals surface area (Å²) in [5, 5.41) is 21.4. The van der Waals surface area contributed by atoms with Crippen LogP contribution >= 0.6 is 0 Å². The number of aliphatic hydroxyl groups is 1. The molecule has 1 amide bonds. The van der Waals surface area contributed by atoms with Crippen molar-refractivity contribution in [2.45, 2.75) is 18.7 Å². The lowest BCUT2D eigenvalue weighted by Gasteiger charge is -2.17. The highest BCUT2D eigenvalue weighted by Crippen LogP contribution is 2.24. The number of ether oxygens (including phenoxy) is 1. The summed E-state index contributed by atoms with van der Waals surface area (Å²) < 4.78 is 42.1. The number of aromatic nitrogens is 2. The van der Waals surface area contributed by atoms with Crippen LogP contribution in [0, 0.1) is 17.2 Å². The van der Waals surface area contributed by atoms with Gasteiger partial charge in [-0.3, -0.25) is 14.7 Å². The molecule has 0 aromatic carbocycles. The van der Waals surface area contributed by atoms with Crippen LogP contribution in [0.5, 0.6) is 5.88 Å². The van der Waals surface area contributed by atoms with E-state index in [2.05, 4.69) is 16.0 Å². The van der Waals surface area contributed by atoms with Gasteiger partial charge in [-0.2, -0.15) is 18.4 Å². The standard InChI is InChI=1S/C19H20F3N5O3/c1-30-16-3-2-14-17(26-16)13(11(6-23)7-24-14)4-5-27-9-12(15(28)10-27)8-25-18(29)19(20,21)22/h2-3,7,12,15,28H,4-5,8-10H2,1H3,(H,25,29)/t12?,15-/m1/s1. The molecule has 160 valence electrons. The molecule has 1 unspecified atom stereocenters. The number of hydrogen-bond acceptors (Lipinski definition) is 7. The molecule has 0 bridgehead atoms. The number of nitrogens with zero attached hydrogens (tertiary/aromatic N) is 4. The average Bonchev–Trinajstić information content (AvgIpc) is 3.08. The molecule has 2 N–H and O–H groups in total. The van der Waals surface area contributed by atoms with Gasteiger partial charge >= 0.3 is 12.1 Å². The van der Waals surface area contributed by atoms with Crippen molar-refractivity contribution in [3.63, 3.8) is 0 Å². The zero-order chi connectivity index (χ0) is 21.9. The van der Waals surface area contributed by atoms with Gasteiger partial charge in [0.1, 0.15) is 6.07 Å². The first-order valence-electron chi connectivity index (χ1n) is 9.21. The number of β-amino-alcohol motifs (C(OH)–C–C–N with tert-alkyl or cyclic N) is 1. The van der Waals surface area contributed by atoms with Gasteiger partial charge in [0.05, 0.1) is 29.8 Å². The highest BCUT2D eigenvalue weighted by Gasteiger charge is 2.40. The third-order valence-electron chi connectivity index (χ3n) is 5.06. The van der Waals surface area contributed by atoms with Gasteiger partial charge in [-0.1, -0.05) is 0 Å². The Balaban J connectivity index is 1.68. The number of alkyl halides is 3. The molecule has 1 aliphatic heterocycles. The number of aliphatic hydroxyl groups excluding tert-OH is 1. The topological polar surface area (TPSA) is 111 Å². The van der Waals surface area contributed by atoms with Gasteiger partial charge < -0.3 is 15.2 Å². The summed E-state index contributed by atoms with van der Waals surface area (Å²) in [6.45, 7) is 0.763. The van der Waals surface area contributed by atoms with E-state index in [9.17, 15) is 28.3 Å². The van der Waals surface area contributed by atoms with Crippen LogP contribution in [0.3, 0.4) is 0 Å². The maximum atomic E-state index is 12.3. The number of nitrogens with one attached hydrogen (secondary N) is 1. The first kappa shape index (κ1) is 21.7. The van der Waals surface area contributed by atoms with Crippen LogP contribution in [0.4, 0.5) is 13.2 Å². The van der Waals surface area contributed by atoms with Gasteiger partial charge in [0, 0.05) is 49.9 Å². The van der Waals surface area contributed by atoms with Crippen LogP contribution in [0.2, 0.25) is 0 Å². The number of halogens is 3. The molecule has 1 fully saturated rings. The summed E-state index contributed by atoms with van der Waals surface area (Å²) in [6.07, 6.45) is -3.91. The number of carbonyl (C=O) groups excluding carboxylic acids is 1. The van der Waals surface area contributed by atoms with E-state index in [4.69, 9.17) is 4.74 Å². The second kappa shape index (κ2) is 8.81. The van der Waals surface area contributed by atoms with Gasteiger partial charge in [-0.25, -0.2) is 4.98 Å². The van der Waals surface area contributed by atoms with Crippen LogP contribution in [-0.4, -0.2) is 71.5 Å². The number of likely N-dealkylation sites (tertiary alicyclic amines) is 1. The van der Waals surface area contributed by atoms with E-state index < -0.39 is 24.1 Å². The highest BCUT2D eigenvalue weighted by molar-refractivity contribution is 5.81. The molecule has 3 heterocycles. The molecule has 3 rings (SSSR count). The summed E-state index contributed by atoms with van der Waals surface area (Å²) in [5.74, 6) is -2.15. The fraction of sp³-hybridized carbons (Fsp3) is 0.474. The zero-order valence-corrected chi connectivity index (χ0v) is 16.1. The Morgan fingerprint density at radius 3 is 2.87 bits per heavy atom. The summed E-state index contributed by atoms with van der Waals surface area (Å²) in [6, 6.07) is 5.51. The molecular formula is C19H20F3N5O3. The fourth-order valence-electron chi connectivity index (χ4n) is 3.48. The van der Waals surface area contributed by atoms with Gasteiger partial charge in [-0.15, -0.1) is 0 Å². The van der Waals surface area contributed by atoms with Gasteiger partial charge in [0.15, 0.2) is 0 Å². The molecule has 0 saturated carbocycles. The monoisotopic (exact) mass is 423 g/mol. The Kier molecular flexibility index (Phi) is 6.38. The minimum atomic E-state index is -4.95. The predicted octanol–water partition coefficient (Wildman–Crippen LogP) is 1.02. The van der Waals surface area contributed by atoms with E-state index in [0.717, 1.165) is 0 Å². The van der Waals surface area contributed by atoms with E-state index in [1.807, 2.05) is 10.2 Å². The molecule has 2 aromatic heterocycles. The molecule has 30 heavy (non-hydrogen) atoms. The Bertz CT molecular complexity index is 976. The SMILES string of the molecule is COc1ccc2ncc(C#N)c(CCN3CC(CNC(=O)C(F)(F)F)[C@H](O)C3)c2n1. The number of fused-ring (bicyclic) bond motifs is 1. The van der Waals surface area contributed by atoms with E-state index in [1.54, 1.807) is 12.1 Å². The summed E-state index contributed by atoms with van der Waals surface area (Å²) in [5.41, 5.74) is 2.21. The lowest BCUT2D eigenvalue weighted by atomic mass is 10.0. The van der Waals surface area contributed by atoms with E-state index in [-0.39, 0.29) is 13.1 Å². The van der Waals surface area contributed by atoms with Crippen molar-refractivity contribution in [1.29, 1.82) is 5.26 Å². The number of pyridine rings is 2. The van der Waals surface area contributed by atoms with Crippen molar-refractivity contribution in [2.24, 2.45) is 5.92 Å². The zero-order valence-electron chi connectivity index (χ0n) is 16.1. The van der Waals surface area contributed by atoms with Crippen molar-refractivity contribution in [3.05, 3.63) is 29.5 Å². The average molecular weight is 423 g/mol. The molecule has 1 saturated heterocycles. The van der Waals surface area contributed by atoms with Crippen LogP contribution in [0.15, 0.2) is 18.3 Å². The van der Waals surface area contributed by atoms with Crippen LogP contribution in [0.25, 0.3) is 11.0 Å². The largest absolute Gasteiger partial charge is 0.481 e. The Morgan fingerprint density at radius 1 is 1.43 bits per heavy atom. The number of nitriles is 1. The number of hydrogen-bond donors (Lipinski definition) is 2. The molecule has 0 spiro atoms. The maximum absolute atomic E-state index is 12.3. The maximum Gasteiger partial charge on any atom is 0.471 e. The lowest BCUT2D eigenvalue weighted by Crippen LogP contribution is -2.41. The van der Waals surface area contributed by atoms with Gasteiger partial charge in [-0.05, 0) is 12.5 Å². The molecule has 1 aliphatic rings. The molecule has 2 atom stereocenters. The highest BCUT2D eigenvalue weighted by atomic mass is 19.4. The first-order chi connectivity index (χ1) is 14.2. The molecule has 8 nitrogen and oxygen atoms in total. The molecule has 0 radical (unpaired) electrons. The normalized spacial score (nSPS) is 19.6. The first-order valence-corrected chi connectivity index (χ1v) is 9.21. The number of amides is 1. The van der Waals surface area contributed by atoms with Crippen LogP contribution in [0.1, 0.15) is 11.1 Å². The Labute approximate surface area is 170 Å². The minimum Gasteiger partial charge on any atom is -0.481 e. The molecule has 0 aliphatic carbocycles. The van der Waals surface area contributed by atoms with Crippen molar-refractivity contribution >= 4 is 16.9 Å². The number of rotatable bonds is 6. The fourth-order valence-corrected chi connectivity index (χ4v) is 3.48. The van der Waals surface area contributed by atoms with Crippen molar-refractivity contribution in [3.8, 4) is 11.9 Å². The van der Waals surface area contributed by atoms with Crippen LogP contribution in [-0.2, 0) is 11.2 Å². The summed E-state index contributed by atoms with van der Waals surface area (Å²) >= 11 is 0. The Hall–Kier alpha value is -2.97. The van der Waals surface area contributed by atoms with Crippen LogP contribution < -0.4 is 10.1 Å². The van der Waals surface area contributed by atoms with Crippen molar-refractivity contribution < 1.29 is 27.8 Å². The second-order valence-corrected chi connectivity index (χ2v) is 7.03. The number of carbonyl (C=O) groups is 1. The third kappa shape index (κ3) is 4.77. The third-order valence-corrected chi connectivity index (χ3v) is 5.06.